The van der Waals surface area contributed by atoms with E-state index in [0.29, 0.717) is 4.91 Å². The monoisotopic (exact) mass is 390 g/mol. The number of hydrogen-bond acceptors (Lipinski definition) is 5. The third-order valence-electron chi connectivity index (χ3n) is 3.32. The van der Waals surface area contributed by atoms with Crippen molar-refractivity contribution in [3.63, 3.8) is 0 Å². The Kier molecular flexibility index (Phi) is 5.08. The molecule has 2 N–H and O–H groups in total. The summed E-state index contributed by atoms with van der Waals surface area (Å²) in [5.74, 6) is -0.812. The minimum Gasteiger partial charge on any atom is -0.508 e. The Morgan fingerprint density at radius 2 is 1.88 bits per heavy atom. The Balaban J connectivity index is 1.79. The number of carbonyl (C=O) groups excluding carboxylic acids is 2. The Morgan fingerprint density at radius 1 is 1.20 bits per heavy atom. The lowest BCUT2D eigenvalue weighted by molar-refractivity contribution is -0.123. The molecule has 0 aromatic heterocycles. The molecule has 1 saturated heterocycles. The quantitative estimate of drug-likeness (QED) is 0.619. The third kappa shape index (κ3) is 3.84. The Bertz CT molecular complexity index is 897. The van der Waals surface area contributed by atoms with E-state index in [2.05, 4.69) is 5.43 Å². The van der Waals surface area contributed by atoms with E-state index in [1.165, 1.54) is 12.1 Å². The van der Waals surface area contributed by atoms with Crippen molar-refractivity contribution in [2.45, 2.75) is 0 Å². The smallest absolute Gasteiger partial charge is 0.285 e. The summed E-state index contributed by atoms with van der Waals surface area (Å²) in [6, 6.07) is 12.9. The minimum atomic E-state index is -0.521. The molecule has 0 radical (unpaired) electrons. The van der Waals surface area contributed by atoms with Crippen molar-refractivity contribution in [3.05, 3.63) is 69.6 Å². The third-order valence-corrected chi connectivity index (χ3v) is 4.95. The fraction of sp³-hybridized carbons (Fsp3) is 0. The number of nitrogens with one attached hydrogen (secondary N) is 1. The Morgan fingerprint density at radius 3 is 2.56 bits per heavy atom. The number of phenolic OH excluding ortho intramolecular Hbond substituents is 1. The van der Waals surface area contributed by atoms with Crippen LogP contribution in [0.1, 0.15) is 15.9 Å². The highest BCUT2D eigenvalue weighted by Crippen LogP contribution is 2.31. The van der Waals surface area contributed by atoms with Gasteiger partial charge in [0.25, 0.3) is 11.8 Å². The number of phenols is 1. The van der Waals surface area contributed by atoms with Crippen LogP contribution in [0.2, 0.25) is 5.02 Å². The van der Waals surface area contributed by atoms with E-state index in [-0.39, 0.29) is 20.7 Å². The Labute approximate surface area is 158 Å². The first-order valence-electron chi connectivity index (χ1n) is 7.08. The molecule has 2 aromatic rings. The van der Waals surface area contributed by atoms with Gasteiger partial charge in [-0.3, -0.25) is 15.0 Å². The maximum absolute atomic E-state index is 12.5. The molecule has 0 spiro atoms. The first-order chi connectivity index (χ1) is 12.0. The van der Waals surface area contributed by atoms with Crippen LogP contribution in [0.25, 0.3) is 6.08 Å². The van der Waals surface area contributed by atoms with Gasteiger partial charge < -0.3 is 5.11 Å². The molecule has 1 fully saturated rings. The number of amides is 2. The van der Waals surface area contributed by atoms with Gasteiger partial charge in [-0.25, -0.2) is 0 Å². The van der Waals surface area contributed by atoms with Gasteiger partial charge in [0.1, 0.15) is 5.75 Å². The first kappa shape index (κ1) is 17.5. The molecule has 0 aliphatic carbocycles. The number of hydrazine groups is 1. The molecule has 2 amide bonds. The number of rotatable bonds is 3. The molecule has 8 heteroatoms. The molecular formula is C17H11ClN2O3S2. The van der Waals surface area contributed by atoms with Crippen LogP contribution >= 0.6 is 35.6 Å². The summed E-state index contributed by atoms with van der Waals surface area (Å²) in [6.45, 7) is 0. The van der Waals surface area contributed by atoms with Crippen LogP contribution in [0.5, 0.6) is 5.75 Å². The second-order valence-electron chi connectivity index (χ2n) is 5.03. The van der Waals surface area contributed by atoms with Crippen LogP contribution in [0.4, 0.5) is 0 Å². The van der Waals surface area contributed by atoms with Crippen molar-refractivity contribution >= 4 is 57.8 Å². The van der Waals surface area contributed by atoms with Gasteiger partial charge >= 0.3 is 0 Å². The lowest BCUT2D eigenvalue weighted by Crippen LogP contribution is -2.44. The van der Waals surface area contributed by atoms with E-state index in [1.807, 2.05) is 0 Å². The van der Waals surface area contributed by atoms with Crippen molar-refractivity contribution in [3.8, 4) is 5.75 Å². The van der Waals surface area contributed by atoms with Gasteiger partial charge in [-0.1, -0.05) is 47.6 Å². The van der Waals surface area contributed by atoms with E-state index >= 15 is 0 Å². The average Bonchev–Trinajstić information content (AvgIpc) is 2.85. The topological polar surface area (TPSA) is 69.6 Å². The van der Waals surface area contributed by atoms with Gasteiger partial charge in [-0.2, -0.15) is 5.01 Å². The minimum absolute atomic E-state index is 0.136. The number of nitrogens with zero attached hydrogens (tertiary/aromatic N) is 1. The molecule has 2 aromatic carbocycles. The van der Waals surface area contributed by atoms with Gasteiger partial charge in [0, 0.05) is 0 Å². The summed E-state index contributed by atoms with van der Waals surface area (Å²) >= 11 is 12.2. The summed E-state index contributed by atoms with van der Waals surface area (Å²) in [4.78, 5) is 25.2. The first-order valence-corrected chi connectivity index (χ1v) is 8.68. The molecule has 0 bridgehead atoms. The number of hydrogen-bond donors (Lipinski definition) is 2. The van der Waals surface area contributed by atoms with Crippen LogP contribution in [-0.2, 0) is 4.79 Å². The number of benzene rings is 2. The fourth-order valence-electron chi connectivity index (χ4n) is 2.09. The van der Waals surface area contributed by atoms with Gasteiger partial charge in [-0.05, 0) is 48.1 Å². The number of thioether (sulfide) groups is 1. The maximum atomic E-state index is 12.5. The van der Waals surface area contributed by atoms with E-state index in [1.54, 1.807) is 42.5 Å². The van der Waals surface area contributed by atoms with Crippen LogP contribution < -0.4 is 5.43 Å². The van der Waals surface area contributed by atoms with E-state index in [9.17, 15) is 14.7 Å². The molecule has 0 atom stereocenters. The fourth-order valence-corrected chi connectivity index (χ4v) is 3.49. The molecule has 1 aliphatic heterocycles. The number of halogens is 1. The highest BCUT2D eigenvalue weighted by Gasteiger charge is 2.34. The summed E-state index contributed by atoms with van der Waals surface area (Å²) in [5, 5.41) is 10.6. The van der Waals surface area contributed by atoms with E-state index in [4.69, 9.17) is 23.8 Å². The van der Waals surface area contributed by atoms with Gasteiger partial charge in [-0.15, -0.1) is 0 Å². The predicted octanol–water partition coefficient (Wildman–Crippen LogP) is 3.59. The molecule has 3 rings (SSSR count). The Hall–Kier alpha value is -2.35. The average molecular weight is 391 g/mol. The summed E-state index contributed by atoms with van der Waals surface area (Å²) < 4.78 is 0.218. The standard InChI is InChI=1S/C17H11ClN2O3S2/c18-13-4-2-1-3-12(13)15(22)19-20-16(23)14(25-17(20)24)9-10-5-7-11(21)8-6-10/h1-9,21H,(H,19,22)/b14-9+. The summed E-state index contributed by atoms with van der Waals surface area (Å²) in [7, 11) is 0. The van der Waals surface area contributed by atoms with Gasteiger partial charge in [0.2, 0.25) is 0 Å². The zero-order valence-corrected chi connectivity index (χ0v) is 15.0. The molecular weight excluding hydrogens is 380 g/mol. The normalized spacial score (nSPS) is 15.7. The summed E-state index contributed by atoms with van der Waals surface area (Å²) in [6.07, 6.45) is 1.64. The molecule has 0 unspecified atom stereocenters. The van der Waals surface area contributed by atoms with E-state index in [0.717, 1.165) is 22.3 Å². The highest BCUT2D eigenvalue weighted by molar-refractivity contribution is 8.26. The van der Waals surface area contributed by atoms with Crippen LogP contribution in [-0.4, -0.2) is 26.3 Å². The van der Waals surface area contributed by atoms with Crippen LogP contribution in [0.15, 0.2) is 53.4 Å². The lowest BCUT2D eigenvalue weighted by atomic mass is 10.2. The molecule has 5 nitrogen and oxygen atoms in total. The second kappa shape index (κ2) is 7.26. The zero-order chi connectivity index (χ0) is 18.0. The number of carbonyl (C=O) groups is 2. The SMILES string of the molecule is O=C(NN1C(=O)/C(=C\c2ccc(O)cc2)SC1=S)c1ccccc1Cl. The maximum Gasteiger partial charge on any atom is 0.285 e. The summed E-state index contributed by atoms with van der Waals surface area (Å²) in [5.41, 5.74) is 3.46. The van der Waals surface area contributed by atoms with Crippen molar-refractivity contribution in [2.24, 2.45) is 0 Å². The number of aromatic hydroxyl groups is 1. The lowest BCUT2D eigenvalue weighted by Gasteiger charge is -2.16. The molecule has 1 heterocycles. The van der Waals surface area contributed by atoms with Crippen molar-refractivity contribution in [1.29, 1.82) is 0 Å². The molecule has 25 heavy (non-hydrogen) atoms. The van der Waals surface area contributed by atoms with Crippen molar-refractivity contribution < 1.29 is 14.7 Å². The van der Waals surface area contributed by atoms with Gasteiger partial charge in [0.15, 0.2) is 4.32 Å². The van der Waals surface area contributed by atoms with Crippen molar-refractivity contribution in [2.75, 3.05) is 0 Å². The predicted molar refractivity (Wildman–Crippen MR) is 102 cm³/mol. The largest absolute Gasteiger partial charge is 0.508 e. The molecule has 0 saturated carbocycles. The second-order valence-corrected chi connectivity index (χ2v) is 7.11. The van der Waals surface area contributed by atoms with Crippen molar-refractivity contribution in [1.82, 2.24) is 10.4 Å². The van der Waals surface area contributed by atoms with Gasteiger partial charge in [0.05, 0.1) is 15.5 Å². The van der Waals surface area contributed by atoms with E-state index < -0.39 is 11.8 Å². The number of thiocarbonyl (C=S) groups is 1. The molecule has 126 valence electrons. The van der Waals surface area contributed by atoms with Crippen LogP contribution in [0, 0.1) is 0 Å². The zero-order valence-electron chi connectivity index (χ0n) is 12.6. The highest BCUT2D eigenvalue weighted by atomic mass is 35.5. The molecule has 1 aliphatic rings. The van der Waals surface area contributed by atoms with Crippen LogP contribution in [0.3, 0.4) is 0 Å².